The maximum atomic E-state index is 12.0. The molecule has 14 nitrogen and oxygen atoms in total. The highest BCUT2D eigenvalue weighted by molar-refractivity contribution is 7.80. The van der Waals surface area contributed by atoms with Crippen LogP contribution in [0.25, 0.3) is 0 Å². The molecule has 0 radical (unpaired) electrons. The molecule has 2 saturated heterocycles. The summed E-state index contributed by atoms with van der Waals surface area (Å²) in [6.07, 6.45) is 4.33. The van der Waals surface area contributed by atoms with Crippen molar-refractivity contribution in [2.75, 3.05) is 20.6 Å². The summed E-state index contributed by atoms with van der Waals surface area (Å²) in [6, 6.07) is -2.51. The van der Waals surface area contributed by atoms with Crippen LogP contribution < -0.4 is 5.73 Å². The molecule has 0 unspecified atom stereocenters. The molecule has 3 atom stereocenters. The molecule has 5 N–H and O–H groups in total. The number of hydrogen-bond acceptors (Lipinski definition) is 8. The Morgan fingerprint density at radius 2 is 2.13 bits per heavy atom. The van der Waals surface area contributed by atoms with E-state index in [1.54, 1.807) is 20.3 Å². The molecule has 1 aromatic heterocycles. The first-order valence-electron chi connectivity index (χ1n) is 8.90. The van der Waals surface area contributed by atoms with Gasteiger partial charge in [0, 0.05) is 32.5 Å². The minimum atomic E-state index is -5.00. The van der Waals surface area contributed by atoms with E-state index in [-0.39, 0.29) is 12.5 Å². The Morgan fingerprint density at radius 3 is 2.63 bits per heavy atom. The molecule has 0 spiro atoms. The highest BCUT2D eigenvalue weighted by atomic mass is 32.3. The van der Waals surface area contributed by atoms with Crippen LogP contribution in [0.4, 0.5) is 4.79 Å². The van der Waals surface area contributed by atoms with Gasteiger partial charge in [-0.15, -0.1) is 0 Å². The molecular formula is C15H24N6O8S. The quantitative estimate of drug-likeness (QED) is 0.307. The predicted molar refractivity (Wildman–Crippen MR) is 96.8 cm³/mol. The van der Waals surface area contributed by atoms with Crippen LogP contribution in [-0.2, 0) is 30.7 Å². The fraction of sp³-hybridized carbons (Fsp3) is 0.600. The van der Waals surface area contributed by atoms with Crippen LogP contribution in [0.2, 0.25) is 0 Å². The maximum absolute atomic E-state index is 12.0. The Bertz CT molecular complexity index is 874. The number of aromatic nitrogens is 2. The summed E-state index contributed by atoms with van der Waals surface area (Å²) < 4.78 is 35.9. The van der Waals surface area contributed by atoms with E-state index in [4.69, 9.17) is 5.11 Å². The molecule has 3 rings (SSSR count). The van der Waals surface area contributed by atoms with Gasteiger partial charge in [0.1, 0.15) is 6.04 Å². The van der Waals surface area contributed by atoms with Crippen LogP contribution in [0.15, 0.2) is 12.5 Å². The zero-order valence-corrected chi connectivity index (χ0v) is 17.2. The van der Waals surface area contributed by atoms with Crippen molar-refractivity contribution in [1.82, 2.24) is 24.8 Å². The van der Waals surface area contributed by atoms with Crippen LogP contribution in [-0.4, -0.2) is 99.6 Å². The number of quaternary nitrogens is 1. The zero-order valence-electron chi connectivity index (χ0n) is 16.4. The topological polar surface area (TPSA) is 204 Å². The summed E-state index contributed by atoms with van der Waals surface area (Å²) in [6.45, 7) is 0.179. The van der Waals surface area contributed by atoms with Gasteiger partial charge in [-0.3, -0.25) is 4.79 Å². The largest absolute Gasteiger partial charge is 0.724 e. The Kier molecular flexibility index (Phi) is 7.35. The molecule has 0 aliphatic carbocycles. The van der Waals surface area contributed by atoms with Gasteiger partial charge >= 0.3 is 12.0 Å². The number of likely N-dealkylation sites (N-methyl/N-ethyl adjacent to an activating group) is 1. The van der Waals surface area contributed by atoms with Crippen molar-refractivity contribution in [1.29, 1.82) is 0 Å². The number of carbonyl (C=O) groups excluding carboxylic acids is 2. The number of carboxylic acids is 1. The molecule has 168 valence electrons. The van der Waals surface area contributed by atoms with Gasteiger partial charge in [0.25, 0.3) is 0 Å². The lowest BCUT2D eigenvalue weighted by Crippen LogP contribution is -2.66. The highest BCUT2D eigenvalue weighted by Crippen LogP contribution is 2.31. The molecule has 2 aliphatic heterocycles. The van der Waals surface area contributed by atoms with Gasteiger partial charge in [0.15, 0.2) is 6.04 Å². The first-order valence-corrected chi connectivity index (χ1v) is 10.2. The van der Waals surface area contributed by atoms with Crippen molar-refractivity contribution in [2.24, 2.45) is 0 Å². The van der Waals surface area contributed by atoms with E-state index in [1.165, 1.54) is 16.1 Å². The second-order valence-corrected chi connectivity index (χ2v) is 8.00. The Hall–Kier alpha value is -2.75. The minimum absolute atomic E-state index is 0.179. The molecule has 1 aromatic rings. The van der Waals surface area contributed by atoms with Gasteiger partial charge in [-0.25, -0.2) is 23.0 Å². The van der Waals surface area contributed by atoms with Gasteiger partial charge < -0.3 is 30.2 Å². The average Bonchev–Trinajstić information content (AvgIpc) is 3.24. The zero-order chi connectivity index (χ0) is 22.6. The van der Waals surface area contributed by atoms with Gasteiger partial charge in [-0.1, -0.05) is 0 Å². The molecular weight excluding hydrogens is 424 g/mol. The molecule has 15 heteroatoms. The van der Waals surface area contributed by atoms with Gasteiger partial charge in [0.2, 0.25) is 16.3 Å². The van der Waals surface area contributed by atoms with E-state index >= 15 is 0 Å². The number of hydroxylamine groups is 2. The summed E-state index contributed by atoms with van der Waals surface area (Å²) >= 11 is 0. The number of hydrogen-bond donors (Lipinski definition) is 3. The number of carboxylic acid groups (broad SMARTS) is 1. The number of fused-ring (bicyclic) bond motifs is 2. The monoisotopic (exact) mass is 448 g/mol. The second-order valence-electron chi connectivity index (χ2n) is 7.04. The number of piperidine rings is 1. The Morgan fingerprint density at radius 1 is 1.47 bits per heavy atom. The summed E-state index contributed by atoms with van der Waals surface area (Å²) in [5.41, 5.74) is 4.26. The molecule has 0 aromatic carbocycles. The minimum Gasteiger partial charge on any atom is -0.724 e. The third-order valence-electron chi connectivity index (χ3n) is 4.59. The summed E-state index contributed by atoms with van der Waals surface area (Å²) in [7, 11) is -1.85. The third-order valence-corrected chi connectivity index (χ3v) is 4.93. The fourth-order valence-corrected chi connectivity index (χ4v) is 3.51. The third kappa shape index (κ3) is 5.88. The number of nitrogens with one attached hydrogen (secondary N) is 1. The van der Waals surface area contributed by atoms with Gasteiger partial charge in [-0.2, -0.15) is 9.35 Å². The van der Waals surface area contributed by atoms with Crippen molar-refractivity contribution in [3.8, 4) is 0 Å². The number of rotatable bonds is 6. The van der Waals surface area contributed by atoms with Crippen LogP contribution >= 0.6 is 0 Å². The standard InChI is InChI=1S/C9H15N3O6S.C6H9N3O2/c1-10(2)8(13)7-4-3-6-5-11(7)9(14)12(6)18-19(15,16)17;7-5(6(10)11)1-4-2-8-3-9-4/h6-7H,3-5H2,1-2H3,(H,15,16,17);2-3,5H,1,7H2,(H,8,9)(H,10,11)/t6-,7+;5-/m10/s1. The van der Waals surface area contributed by atoms with Crippen molar-refractivity contribution >= 4 is 28.3 Å². The molecule has 3 heterocycles. The number of amides is 3. The van der Waals surface area contributed by atoms with Gasteiger partial charge in [-0.05, 0) is 12.8 Å². The van der Waals surface area contributed by atoms with E-state index < -0.39 is 40.5 Å². The Balaban J connectivity index is 0.000000248. The van der Waals surface area contributed by atoms with Crippen LogP contribution in [0.1, 0.15) is 18.5 Å². The lowest BCUT2D eigenvalue weighted by molar-refractivity contribution is -0.407. The SMILES string of the molecule is CN(C)C(=O)[C@@H]1CC[C@@H]2CN1C(=O)N2OS(=O)(=O)[O-].[NH3+][C@@H](Cc1cnc[nH]1)C(=O)O. The predicted octanol–water partition coefficient (Wildman–Crippen LogP) is -2.62. The van der Waals surface area contributed by atoms with Crippen molar-refractivity contribution < 1.29 is 42.5 Å². The average molecular weight is 448 g/mol. The van der Waals surface area contributed by atoms with Crippen molar-refractivity contribution in [2.45, 2.75) is 37.4 Å². The Labute approximate surface area is 172 Å². The lowest BCUT2D eigenvalue weighted by atomic mass is 10.00. The van der Waals surface area contributed by atoms with Crippen molar-refractivity contribution in [3.05, 3.63) is 18.2 Å². The second kappa shape index (κ2) is 9.38. The first-order chi connectivity index (χ1) is 13.9. The van der Waals surface area contributed by atoms with Crippen LogP contribution in [0.5, 0.6) is 0 Å². The first kappa shape index (κ1) is 23.5. The van der Waals surface area contributed by atoms with E-state index in [9.17, 15) is 27.4 Å². The molecule has 0 saturated carbocycles. The smallest absolute Gasteiger partial charge is 0.362 e. The molecule has 2 bridgehead atoms. The van der Waals surface area contributed by atoms with E-state index in [1.807, 2.05) is 0 Å². The molecule has 3 amide bonds. The fourth-order valence-electron chi connectivity index (χ4n) is 3.13. The number of carbonyl (C=O) groups is 3. The molecule has 2 fully saturated rings. The number of H-pyrrole nitrogens is 1. The normalized spacial score (nSPS) is 21.7. The van der Waals surface area contributed by atoms with E-state index in [2.05, 4.69) is 20.0 Å². The summed E-state index contributed by atoms with van der Waals surface area (Å²) in [5, 5.41) is 9.04. The number of aromatic amines is 1. The van der Waals surface area contributed by atoms with Crippen LogP contribution in [0, 0.1) is 0 Å². The highest BCUT2D eigenvalue weighted by Gasteiger charge is 2.48. The van der Waals surface area contributed by atoms with E-state index in [0.717, 1.165) is 5.69 Å². The van der Waals surface area contributed by atoms with Gasteiger partial charge in [0.05, 0.1) is 18.8 Å². The van der Waals surface area contributed by atoms with E-state index in [0.29, 0.717) is 24.3 Å². The molecule has 2 aliphatic rings. The summed E-state index contributed by atoms with van der Waals surface area (Å²) in [4.78, 5) is 43.4. The molecule has 30 heavy (non-hydrogen) atoms. The summed E-state index contributed by atoms with van der Waals surface area (Å²) in [5.74, 6) is -1.13. The van der Waals surface area contributed by atoms with Crippen molar-refractivity contribution in [3.63, 3.8) is 0 Å². The number of aliphatic carboxylic acids is 1. The number of urea groups is 1. The number of imidazole rings is 1. The van der Waals surface area contributed by atoms with Crippen LogP contribution in [0.3, 0.4) is 0 Å². The number of nitrogens with zero attached hydrogens (tertiary/aromatic N) is 4. The maximum Gasteiger partial charge on any atom is 0.362 e. The lowest BCUT2D eigenvalue weighted by Gasteiger charge is -2.31.